The lowest BCUT2D eigenvalue weighted by molar-refractivity contribution is 0.207. The van der Waals surface area contributed by atoms with Crippen LogP contribution in [-0.4, -0.2) is 37.6 Å². The summed E-state index contributed by atoms with van der Waals surface area (Å²) in [6.45, 7) is 4.36. The zero-order chi connectivity index (χ0) is 18.6. The molecule has 0 bridgehead atoms. The third-order valence-corrected chi connectivity index (χ3v) is 6.38. The van der Waals surface area contributed by atoms with Crippen LogP contribution in [0.1, 0.15) is 77.2 Å². The zero-order valence-electron chi connectivity index (χ0n) is 16.3. The normalized spacial score (nSPS) is 19.9. The summed E-state index contributed by atoms with van der Waals surface area (Å²) < 4.78 is 2.20. The molecule has 4 rings (SSSR count). The number of hydrogen-bond donors (Lipinski definition) is 1. The van der Waals surface area contributed by atoms with Gasteiger partial charge in [0.15, 0.2) is 17.0 Å². The molecule has 1 saturated carbocycles. The van der Waals surface area contributed by atoms with Gasteiger partial charge >= 0.3 is 0 Å². The highest BCUT2D eigenvalue weighted by Gasteiger charge is 2.23. The molecule has 2 aromatic heterocycles. The number of nitrogens with zero attached hydrogens (tertiary/aromatic N) is 5. The summed E-state index contributed by atoms with van der Waals surface area (Å²) in [4.78, 5) is 13.5. The Bertz CT molecular complexity index is 746. The topological polar surface area (TPSA) is 58.9 Å². The van der Waals surface area contributed by atoms with Crippen LogP contribution in [0.2, 0.25) is 5.28 Å². The number of imidazole rings is 1. The summed E-state index contributed by atoms with van der Waals surface area (Å²) in [6, 6.07) is 0.493. The monoisotopic (exact) mass is 390 g/mol. The molecule has 27 heavy (non-hydrogen) atoms. The Labute approximate surface area is 166 Å². The molecule has 2 fully saturated rings. The Balaban J connectivity index is 1.43. The van der Waals surface area contributed by atoms with Crippen LogP contribution in [0.25, 0.3) is 11.2 Å². The van der Waals surface area contributed by atoms with Gasteiger partial charge in [0.05, 0.1) is 6.33 Å². The number of piperidine rings is 1. The van der Waals surface area contributed by atoms with Gasteiger partial charge in [-0.05, 0) is 43.2 Å². The maximum absolute atomic E-state index is 6.25. The van der Waals surface area contributed by atoms with Crippen LogP contribution in [0.15, 0.2) is 6.33 Å². The minimum Gasteiger partial charge on any atom is -0.312 e. The van der Waals surface area contributed by atoms with Crippen molar-refractivity contribution >= 4 is 28.6 Å². The van der Waals surface area contributed by atoms with Crippen molar-refractivity contribution in [2.45, 2.75) is 77.2 Å². The van der Waals surface area contributed by atoms with Gasteiger partial charge in [0, 0.05) is 19.1 Å². The van der Waals surface area contributed by atoms with Gasteiger partial charge in [0.25, 0.3) is 0 Å². The molecule has 2 aromatic rings. The predicted molar refractivity (Wildman–Crippen MR) is 110 cm³/mol. The molecular weight excluding hydrogens is 360 g/mol. The first kappa shape index (κ1) is 18.9. The fraction of sp³-hybridized carbons (Fsp3) is 0.750. The fourth-order valence-corrected chi connectivity index (χ4v) is 4.75. The van der Waals surface area contributed by atoms with Crippen molar-refractivity contribution in [1.29, 1.82) is 0 Å². The Morgan fingerprint density at radius 3 is 2.63 bits per heavy atom. The molecule has 7 heteroatoms. The highest BCUT2D eigenvalue weighted by atomic mass is 35.5. The Hall–Kier alpha value is -1.40. The number of unbranched alkanes of at least 4 members (excludes halogenated alkanes) is 2. The molecule has 0 radical (unpaired) electrons. The SMILES string of the molecule is CCCCCC1CCN(Nc2nc(Cl)nc3c2ncn3C2CCCC2)CC1. The molecule has 1 aliphatic carbocycles. The van der Waals surface area contributed by atoms with Crippen molar-refractivity contribution in [2.75, 3.05) is 18.5 Å². The lowest BCUT2D eigenvalue weighted by Gasteiger charge is -2.32. The predicted octanol–water partition coefficient (Wildman–Crippen LogP) is 5.21. The molecule has 0 aromatic carbocycles. The van der Waals surface area contributed by atoms with Crippen LogP contribution >= 0.6 is 11.6 Å². The van der Waals surface area contributed by atoms with Crippen molar-refractivity contribution in [3.63, 3.8) is 0 Å². The number of fused-ring (bicyclic) bond motifs is 1. The molecule has 148 valence electrons. The Kier molecular flexibility index (Phi) is 6.13. The number of hydrogen-bond acceptors (Lipinski definition) is 5. The van der Waals surface area contributed by atoms with E-state index in [4.69, 9.17) is 11.6 Å². The number of rotatable bonds is 7. The molecule has 1 saturated heterocycles. The summed E-state index contributed by atoms with van der Waals surface area (Å²) in [5, 5.41) is 2.56. The van der Waals surface area contributed by atoms with E-state index in [2.05, 4.69) is 36.9 Å². The summed E-state index contributed by atoms with van der Waals surface area (Å²) in [7, 11) is 0. The number of halogens is 1. The van der Waals surface area contributed by atoms with Crippen LogP contribution in [0, 0.1) is 5.92 Å². The molecule has 6 nitrogen and oxygen atoms in total. The van der Waals surface area contributed by atoms with E-state index >= 15 is 0 Å². The highest BCUT2D eigenvalue weighted by molar-refractivity contribution is 6.28. The third-order valence-electron chi connectivity index (χ3n) is 6.21. The average Bonchev–Trinajstić information content (AvgIpc) is 3.32. The molecule has 3 heterocycles. The van der Waals surface area contributed by atoms with Gasteiger partial charge < -0.3 is 9.99 Å². The zero-order valence-corrected chi connectivity index (χ0v) is 17.1. The lowest BCUT2D eigenvalue weighted by atomic mass is 9.92. The van der Waals surface area contributed by atoms with Crippen LogP contribution in [0.4, 0.5) is 5.82 Å². The van der Waals surface area contributed by atoms with Crippen LogP contribution in [0.5, 0.6) is 0 Å². The van der Waals surface area contributed by atoms with Crippen molar-refractivity contribution in [2.24, 2.45) is 5.92 Å². The lowest BCUT2D eigenvalue weighted by Crippen LogP contribution is -2.38. The van der Waals surface area contributed by atoms with Gasteiger partial charge in [-0.3, -0.25) is 0 Å². The maximum Gasteiger partial charge on any atom is 0.226 e. The second-order valence-electron chi connectivity index (χ2n) is 8.14. The summed E-state index contributed by atoms with van der Waals surface area (Å²) in [5.74, 6) is 1.61. The van der Waals surface area contributed by atoms with E-state index in [0.717, 1.165) is 36.0 Å². The minimum absolute atomic E-state index is 0.291. The molecular formula is C20H31ClN6. The van der Waals surface area contributed by atoms with Gasteiger partial charge in [-0.15, -0.1) is 0 Å². The molecule has 0 spiro atoms. The van der Waals surface area contributed by atoms with E-state index in [-0.39, 0.29) is 0 Å². The van der Waals surface area contributed by atoms with Gasteiger partial charge in [0.1, 0.15) is 0 Å². The Morgan fingerprint density at radius 1 is 1.11 bits per heavy atom. The number of anilines is 1. The fourth-order valence-electron chi connectivity index (χ4n) is 4.58. The quantitative estimate of drug-likeness (QED) is 0.519. The van der Waals surface area contributed by atoms with Crippen LogP contribution in [-0.2, 0) is 0 Å². The van der Waals surface area contributed by atoms with Crippen LogP contribution in [0.3, 0.4) is 0 Å². The van der Waals surface area contributed by atoms with Crippen LogP contribution < -0.4 is 5.43 Å². The summed E-state index contributed by atoms with van der Waals surface area (Å²) in [5.41, 5.74) is 5.17. The van der Waals surface area contributed by atoms with Crippen molar-refractivity contribution in [1.82, 2.24) is 24.5 Å². The van der Waals surface area contributed by atoms with E-state index in [1.165, 1.54) is 64.2 Å². The average molecular weight is 391 g/mol. The first-order valence-corrected chi connectivity index (χ1v) is 11.0. The van der Waals surface area contributed by atoms with Crippen molar-refractivity contribution < 1.29 is 0 Å². The van der Waals surface area contributed by atoms with E-state index < -0.39 is 0 Å². The van der Waals surface area contributed by atoms with E-state index in [9.17, 15) is 0 Å². The maximum atomic E-state index is 6.25. The van der Waals surface area contributed by atoms with E-state index in [0.29, 0.717) is 11.3 Å². The van der Waals surface area contributed by atoms with Gasteiger partial charge in [-0.25, -0.2) is 9.99 Å². The standard InChI is InChI=1S/C20H31ClN6/c1-2-3-4-7-15-10-12-26(13-11-15)25-18-17-19(24-20(21)23-18)27(14-22-17)16-8-5-6-9-16/h14-16H,2-13H2,1H3,(H,23,24,25). The molecule has 1 N–H and O–H groups in total. The van der Waals surface area contributed by atoms with Gasteiger partial charge in [-0.2, -0.15) is 9.97 Å². The molecule has 0 amide bonds. The number of aromatic nitrogens is 4. The van der Waals surface area contributed by atoms with E-state index in [1.54, 1.807) is 0 Å². The first-order chi connectivity index (χ1) is 13.2. The molecule has 0 unspecified atom stereocenters. The van der Waals surface area contributed by atoms with Crippen molar-refractivity contribution in [3.05, 3.63) is 11.6 Å². The first-order valence-electron chi connectivity index (χ1n) is 10.7. The largest absolute Gasteiger partial charge is 0.312 e. The number of hydrazine groups is 1. The van der Waals surface area contributed by atoms with Gasteiger partial charge in [-0.1, -0.05) is 45.4 Å². The third kappa shape index (κ3) is 4.37. The summed E-state index contributed by atoms with van der Waals surface area (Å²) >= 11 is 6.25. The summed E-state index contributed by atoms with van der Waals surface area (Å²) in [6.07, 6.45) is 14.8. The highest BCUT2D eigenvalue weighted by Crippen LogP contribution is 2.33. The smallest absolute Gasteiger partial charge is 0.226 e. The minimum atomic E-state index is 0.291. The second kappa shape index (κ2) is 8.74. The Morgan fingerprint density at radius 2 is 1.89 bits per heavy atom. The van der Waals surface area contributed by atoms with E-state index in [1.807, 2.05) is 6.33 Å². The molecule has 1 aliphatic heterocycles. The molecule has 2 aliphatic rings. The van der Waals surface area contributed by atoms with Crippen molar-refractivity contribution in [3.8, 4) is 0 Å². The second-order valence-corrected chi connectivity index (χ2v) is 8.48. The van der Waals surface area contributed by atoms with Gasteiger partial charge in [0.2, 0.25) is 5.28 Å². The molecule has 0 atom stereocenters. The number of nitrogens with one attached hydrogen (secondary N) is 1.